The molecule has 0 bridgehead atoms. The maximum atomic E-state index is 5.06. The lowest BCUT2D eigenvalue weighted by Gasteiger charge is -2.10. The van der Waals surface area contributed by atoms with E-state index in [4.69, 9.17) is 4.74 Å². The molecule has 13 heavy (non-hydrogen) atoms. The standard InChI is InChI=1S/C11H25NO/c1-4-5-6-7-8-12-9-11(2)10-13-3/h11-12H,4-10H2,1-3H3. The predicted molar refractivity (Wildman–Crippen MR) is 58.1 cm³/mol. The SMILES string of the molecule is CCCCCCNCC(C)COC. The Labute approximate surface area is 83.1 Å². The zero-order valence-corrected chi connectivity index (χ0v) is 9.44. The van der Waals surface area contributed by atoms with E-state index in [9.17, 15) is 0 Å². The second-order valence-electron chi connectivity index (χ2n) is 3.83. The molecule has 0 radical (unpaired) electrons. The lowest BCUT2D eigenvalue weighted by atomic mass is 10.2. The van der Waals surface area contributed by atoms with Crippen LogP contribution in [-0.2, 0) is 4.74 Å². The largest absolute Gasteiger partial charge is 0.384 e. The molecule has 1 atom stereocenters. The van der Waals surface area contributed by atoms with Crippen LogP contribution in [0.3, 0.4) is 0 Å². The number of nitrogens with one attached hydrogen (secondary N) is 1. The van der Waals surface area contributed by atoms with Gasteiger partial charge in [-0.3, -0.25) is 0 Å². The van der Waals surface area contributed by atoms with E-state index >= 15 is 0 Å². The average molecular weight is 187 g/mol. The van der Waals surface area contributed by atoms with Crippen molar-refractivity contribution in [3.05, 3.63) is 0 Å². The van der Waals surface area contributed by atoms with Gasteiger partial charge in [0.2, 0.25) is 0 Å². The van der Waals surface area contributed by atoms with Crippen molar-refractivity contribution in [1.29, 1.82) is 0 Å². The molecule has 80 valence electrons. The number of hydrogen-bond donors (Lipinski definition) is 1. The molecule has 0 aliphatic carbocycles. The molecule has 0 saturated heterocycles. The third-order valence-electron chi connectivity index (χ3n) is 2.15. The lowest BCUT2D eigenvalue weighted by Crippen LogP contribution is -2.24. The van der Waals surface area contributed by atoms with Gasteiger partial charge in [-0.25, -0.2) is 0 Å². The zero-order valence-electron chi connectivity index (χ0n) is 9.44. The number of hydrogen-bond acceptors (Lipinski definition) is 2. The summed E-state index contributed by atoms with van der Waals surface area (Å²) in [5.41, 5.74) is 0. The molecule has 0 aromatic carbocycles. The number of unbranched alkanes of at least 4 members (excludes halogenated alkanes) is 3. The van der Waals surface area contributed by atoms with Gasteiger partial charge in [-0.15, -0.1) is 0 Å². The van der Waals surface area contributed by atoms with Crippen molar-refractivity contribution in [3.63, 3.8) is 0 Å². The van der Waals surface area contributed by atoms with Crippen molar-refractivity contribution in [1.82, 2.24) is 5.32 Å². The normalized spacial score (nSPS) is 13.2. The van der Waals surface area contributed by atoms with Gasteiger partial charge in [0.25, 0.3) is 0 Å². The number of ether oxygens (including phenoxy) is 1. The fourth-order valence-electron chi connectivity index (χ4n) is 1.37. The highest BCUT2D eigenvalue weighted by molar-refractivity contribution is 4.55. The summed E-state index contributed by atoms with van der Waals surface area (Å²) in [6.07, 6.45) is 5.37. The first kappa shape index (κ1) is 12.9. The van der Waals surface area contributed by atoms with Crippen LogP contribution < -0.4 is 5.32 Å². The molecule has 2 nitrogen and oxygen atoms in total. The van der Waals surface area contributed by atoms with E-state index < -0.39 is 0 Å². The molecule has 0 amide bonds. The van der Waals surface area contributed by atoms with Crippen molar-refractivity contribution in [3.8, 4) is 0 Å². The summed E-state index contributed by atoms with van der Waals surface area (Å²) in [5.74, 6) is 0.635. The molecule has 0 aromatic rings. The lowest BCUT2D eigenvalue weighted by molar-refractivity contribution is 0.158. The van der Waals surface area contributed by atoms with Crippen LogP contribution in [0.4, 0.5) is 0 Å². The second kappa shape index (κ2) is 10.0. The molecule has 0 aliphatic rings. The Balaban J connectivity index is 2.97. The van der Waals surface area contributed by atoms with Gasteiger partial charge in [-0.05, 0) is 25.4 Å². The minimum absolute atomic E-state index is 0.635. The van der Waals surface area contributed by atoms with Crippen molar-refractivity contribution in [2.45, 2.75) is 39.5 Å². The highest BCUT2D eigenvalue weighted by Gasteiger charge is 1.99. The van der Waals surface area contributed by atoms with Crippen LogP contribution in [-0.4, -0.2) is 26.8 Å². The third kappa shape index (κ3) is 9.84. The Hall–Kier alpha value is -0.0800. The van der Waals surface area contributed by atoms with E-state index in [1.165, 1.54) is 25.7 Å². The summed E-state index contributed by atoms with van der Waals surface area (Å²) in [6, 6.07) is 0. The van der Waals surface area contributed by atoms with Gasteiger partial charge in [0.05, 0.1) is 0 Å². The Morgan fingerprint density at radius 2 is 2.00 bits per heavy atom. The predicted octanol–water partition coefficient (Wildman–Crippen LogP) is 2.44. The van der Waals surface area contributed by atoms with Crippen molar-refractivity contribution in [2.24, 2.45) is 5.92 Å². The quantitative estimate of drug-likeness (QED) is 0.560. The van der Waals surface area contributed by atoms with Gasteiger partial charge in [-0.2, -0.15) is 0 Å². The monoisotopic (exact) mass is 187 g/mol. The van der Waals surface area contributed by atoms with Crippen LogP contribution in [0.1, 0.15) is 39.5 Å². The molecule has 0 rings (SSSR count). The molecule has 1 N–H and O–H groups in total. The fourth-order valence-corrected chi connectivity index (χ4v) is 1.37. The molecular weight excluding hydrogens is 162 g/mol. The second-order valence-corrected chi connectivity index (χ2v) is 3.83. The van der Waals surface area contributed by atoms with Gasteiger partial charge in [-0.1, -0.05) is 33.1 Å². The van der Waals surface area contributed by atoms with Gasteiger partial charge in [0, 0.05) is 13.7 Å². The van der Waals surface area contributed by atoms with Gasteiger partial charge in [0.15, 0.2) is 0 Å². The van der Waals surface area contributed by atoms with Crippen LogP contribution in [0.25, 0.3) is 0 Å². The maximum Gasteiger partial charge on any atom is 0.0499 e. The fraction of sp³-hybridized carbons (Fsp3) is 1.00. The molecular formula is C11H25NO. The van der Waals surface area contributed by atoms with Gasteiger partial charge >= 0.3 is 0 Å². The molecule has 0 saturated carbocycles. The van der Waals surface area contributed by atoms with Crippen LogP contribution in [0.15, 0.2) is 0 Å². The van der Waals surface area contributed by atoms with Crippen LogP contribution >= 0.6 is 0 Å². The van der Waals surface area contributed by atoms with Crippen LogP contribution in [0.2, 0.25) is 0 Å². The van der Waals surface area contributed by atoms with Gasteiger partial charge < -0.3 is 10.1 Å². The van der Waals surface area contributed by atoms with Crippen molar-refractivity contribution >= 4 is 0 Å². The Morgan fingerprint density at radius 1 is 1.23 bits per heavy atom. The molecule has 1 unspecified atom stereocenters. The molecule has 0 fully saturated rings. The van der Waals surface area contributed by atoms with E-state index in [2.05, 4.69) is 19.2 Å². The summed E-state index contributed by atoms with van der Waals surface area (Å²) in [7, 11) is 1.76. The molecule has 2 heteroatoms. The summed E-state index contributed by atoms with van der Waals surface area (Å²) < 4.78 is 5.06. The first-order valence-corrected chi connectivity index (χ1v) is 5.50. The highest BCUT2D eigenvalue weighted by atomic mass is 16.5. The van der Waals surface area contributed by atoms with E-state index in [0.717, 1.165) is 19.7 Å². The highest BCUT2D eigenvalue weighted by Crippen LogP contribution is 1.97. The number of methoxy groups -OCH3 is 1. The van der Waals surface area contributed by atoms with Crippen LogP contribution in [0, 0.1) is 5.92 Å². The Bertz CT molecular complexity index is 96.1. The van der Waals surface area contributed by atoms with Gasteiger partial charge in [0.1, 0.15) is 0 Å². The average Bonchev–Trinajstić information content (AvgIpc) is 2.11. The molecule has 0 aliphatic heterocycles. The topological polar surface area (TPSA) is 21.3 Å². The smallest absolute Gasteiger partial charge is 0.0499 e. The number of rotatable bonds is 9. The Kier molecular flexibility index (Phi) is 9.94. The third-order valence-corrected chi connectivity index (χ3v) is 2.15. The van der Waals surface area contributed by atoms with Crippen molar-refractivity contribution in [2.75, 3.05) is 26.8 Å². The molecule has 0 spiro atoms. The van der Waals surface area contributed by atoms with E-state index in [0.29, 0.717) is 5.92 Å². The summed E-state index contributed by atoms with van der Waals surface area (Å²) in [6.45, 7) is 7.56. The Morgan fingerprint density at radius 3 is 2.62 bits per heavy atom. The zero-order chi connectivity index (χ0) is 9.94. The summed E-state index contributed by atoms with van der Waals surface area (Å²) >= 11 is 0. The molecule has 0 heterocycles. The first-order chi connectivity index (χ1) is 6.31. The summed E-state index contributed by atoms with van der Waals surface area (Å²) in [4.78, 5) is 0. The minimum atomic E-state index is 0.635. The van der Waals surface area contributed by atoms with E-state index in [1.54, 1.807) is 7.11 Å². The summed E-state index contributed by atoms with van der Waals surface area (Å²) in [5, 5.41) is 3.45. The van der Waals surface area contributed by atoms with E-state index in [-0.39, 0.29) is 0 Å². The van der Waals surface area contributed by atoms with E-state index in [1.807, 2.05) is 0 Å². The molecule has 0 aromatic heterocycles. The first-order valence-electron chi connectivity index (χ1n) is 5.50. The maximum absolute atomic E-state index is 5.06. The minimum Gasteiger partial charge on any atom is -0.384 e. The van der Waals surface area contributed by atoms with Crippen LogP contribution in [0.5, 0.6) is 0 Å². The van der Waals surface area contributed by atoms with Crippen molar-refractivity contribution < 1.29 is 4.74 Å².